The van der Waals surface area contributed by atoms with Gasteiger partial charge in [0.2, 0.25) is 0 Å². The van der Waals surface area contributed by atoms with E-state index < -0.39 is 11.8 Å². The van der Waals surface area contributed by atoms with Crippen molar-refractivity contribution < 1.29 is 24.2 Å². The molecule has 0 atom stereocenters. The van der Waals surface area contributed by atoms with Crippen LogP contribution in [0.25, 0.3) is 26.6 Å². The van der Waals surface area contributed by atoms with Gasteiger partial charge in [-0.1, -0.05) is 36.4 Å². The van der Waals surface area contributed by atoms with Crippen LogP contribution in [0.1, 0.15) is 26.3 Å². The number of carbonyl (C=O) groups excluding carboxylic acids is 1. The lowest BCUT2D eigenvalue weighted by molar-refractivity contribution is 0.0693. The molecule has 0 amide bonds. The van der Waals surface area contributed by atoms with Crippen molar-refractivity contribution in [1.82, 2.24) is 0 Å². The number of fused-ring (bicyclic) bond motifs is 1. The fraction of sp³-hybridized carbons (Fsp3) is 0.0769. The summed E-state index contributed by atoms with van der Waals surface area (Å²) in [4.78, 5) is 25.2. The maximum atomic E-state index is 12.7. The molecule has 6 heteroatoms. The van der Waals surface area contributed by atoms with E-state index in [4.69, 9.17) is 9.47 Å². The smallest absolute Gasteiger partial charge is 0.336 e. The average molecular weight is 445 g/mol. The molecule has 0 spiro atoms. The number of carbonyl (C=O) groups is 2. The number of methoxy groups -OCH3 is 2. The lowest BCUT2D eigenvalue weighted by Crippen LogP contribution is -2.06. The molecule has 1 aromatic heterocycles. The predicted octanol–water partition coefficient (Wildman–Crippen LogP) is 6.18. The number of hydrogen-bond donors (Lipinski definition) is 1. The zero-order valence-electron chi connectivity index (χ0n) is 17.5. The zero-order valence-corrected chi connectivity index (χ0v) is 18.3. The van der Waals surface area contributed by atoms with Crippen LogP contribution in [0.3, 0.4) is 0 Å². The van der Waals surface area contributed by atoms with Gasteiger partial charge in [-0.05, 0) is 41.8 Å². The van der Waals surface area contributed by atoms with Crippen LogP contribution in [-0.4, -0.2) is 31.1 Å². The van der Waals surface area contributed by atoms with E-state index in [-0.39, 0.29) is 11.1 Å². The molecule has 5 nitrogen and oxygen atoms in total. The molecule has 0 radical (unpaired) electrons. The minimum atomic E-state index is -1.14. The van der Waals surface area contributed by atoms with Crippen molar-refractivity contribution in [2.75, 3.05) is 14.2 Å². The third-order valence-corrected chi connectivity index (χ3v) is 6.23. The molecule has 0 aliphatic carbocycles. The van der Waals surface area contributed by atoms with Crippen LogP contribution in [0, 0.1) is 0 Å². The van der Waals surface area contributed by atoms with E-state index in [0.717, 1.165) is 20.5 Å². The molecule has 0 aliphatic rings. The first kappa shape index (κ1) is 21.3. The highest BCUT2D eigenvalue weighted by molar-refractivity contribution is 7.22. The van der Waals surface area contributed by atoms with Crippen LogP contribution in [0.5, 0.6) is 11.5 Å². The van der Waals surface area contributed by atoms with E-state index in [1.54, 1.807) is 49.8 Å². The Labute approximate surface area is 189 Å². The number of ketones is 1. The minimum Gasteiger partial charge on any atom is -0.496 e. The topological polar surface area (TPSA) is 72.8 Å². The van der Waals surface area contributed by atoms with Gasteiger partial charge in [-0.2, -0.15) is 0 Å². The molecule has 32 heavy (non-hydrogen) atoms. The second-order valence-electron chi connectivity index (χ2n) is 6.99. The summed E-state index contributed by atoms with van der Waals surface area (Å²) in [6, 6.07) is 20.1. The van der Waals surface area contributed by atoms with Gasteiger partial charge in [0.1, 0.15) is 11.5 Å². The van der Waals surface area contributed by atoms with Crippen LogP contribution in [0.15, 0.2) is 72.8 Å². The summed E-state index contributed by atoms with van der Waals surface area (Å²) in [5, 5.41) is 10.5. The number of ether oxygens (including phenoxy) is 2. The van der Waals surface area contributed by atoms with Crippen LogP contribution < -0.4 is 9.47 Å². The first-order chi connectivity index (χ1) is 15.5. The Morgan fingerprint density at radius 3 is 2.25 bits per heavy atom. The van der Waals surface area contributed by atoms with Gasteiger partial charge < -0.3 is 14.6 Å². The van der Waals surface area contributed by atoms with E-state index in [2.05, 4.69) is 18.2 Å². The van der Waals surface area contributed by atoms with Crippen molar-refractivity contribution in [2.24, 2.45) is 0 Å². The summed E-state index contributed by atoms with van der Waals surface area (Å²) in [5.41, 5.74) is 1.66. The van der Waals surface area contributed by atoms with Gasteiger partial charge in [-0.25, -0.2) is 4.79 Å². The van der Waals surface area contributed by atoms with E-state index >= 15 is 0 Å². The number of allylic oxidation sites excluding steroid dienone is 1. The fourth-order valence-electron chi connectivity index (χ4n) is 3.50. The van der Waals surface area contributed by atoms with Gasteiger partial charge in [0.25, 0.3) is 0 Å². The van der Waals surface area contributed by atoms with E-state index in [0.29, 0.717) is 17.1 Å². The highest BCUT2D eigenvalue weighted by Crippen LogP contribution is 2.41. The van der Waals surface area contributed by atoms with Crippen LogP contribution in [0.2, 0.25) is 0 Å². The summed E-state index contributed by atoms with van der Waals surface area (Å²) in [6.07, 6.45) is 3.00. The number of thiophene rings is 1. The first-order valence-corrected chi connectivity index (χ1v) is 10.6. The van der Waals surface area contributed by atoms with Gasteiger partial charge in [-0.15, -0.1) is 11.3 Å². The molecule has 0 bridgehead atoms. The number of rotatable bonds is 7. The van der Waals surface area contributed by atoms with Gasteiger partial charge in [0.05, 0.1) is 19.8 Å². The Kier molecular flexibility index (Phi) is 6.05. The molecule has 1 N–H and O–H groups in total. The minimum absolute atomic E-state index is 0.0326. The number of carboxylic acids is 1. The molecule has 160 valence electrons. The molecule has 4 aromatic rings. The standard InChI is InChI=1S/C26H20O5S/c1-30-22-15-23(31-2)20(25-14-17-7-3-6-10-24(17)32-25)13-16(22)11-12-21(27)18-8-4-5-9-19(18)26(28)29/h3-15H,1-2H3,(H,28,29). The number of aromatic carboxylic acids is 1. The number of carboxylic acid groups (broad SMARTS) is 1. The molecular formula is C26H20O5S. The first-order valence-electron chi connectivity index (χ1n) is 9.81. The van der Waals surface area contributed by atoms with Gasteiger partial charge >= 0.3 is 5.97 Å². The van der Waals surface area contributed by atoms with Crippen LogP contribution >= 0.6 is 11.3 Å². The Morgan fingerprint density at radius 1 is 0.875 bits per heavy atom. The Bertz CT molecular complexity index is 1320. The maximum absolute atomic E-state index is 12.7. The molecule has 1 heterocycles. The molecule has 0 unspecified atom stereocenters. The fourth-order valence-corrected chi connectivity index (χ4v) is 4.58. The Balaban J connectivity index is 1.76. The van der Waals surface area contributed by atoms with Crippen molar-refractivity contribution in [3.63, 3.8) is 0 Å². The number of benzene rings is 3. The lowest BCUT2D eigenvalue weighted by Gasteiger charge is -2.12. The second kappa shape index (κ2) is 9.08. The zero-order chi connectivity index (χ0) is 22.7. The quantitative estimate of drug-likeness (QED) is 0.272. The SMILES string of the molecule is COc1cc(OC)c(-c2cc3ccccc3s2)cc1C=CC(=O)c1ccccc1C(=O)O. The third-order valence-electron chi connectivity index (χ3n) is 5.08. The van der Waals surface area contributed by atoms with Crippen molar-refractivity contribution in [1.29, 1.82) is 0 Å². The van der Waals surface area contributed by atoms with Gasteiger partial charge in [0, 0.05) is 32.3 Å². The molecule has 0 saturated heterocycles. The highest BCUT2D eigenvalue weighted by atomic mass is 32.1. The summed E-state index contributed by atoms with van der Waals surface area (Å²) in [5.74, 6) is -0.337. The molecule has 0 aliphatic heterocycles. The predicted molar refractivity (Wildman–Crippen MR) is 127 cm³/mol. The van der Waals surface area contributed by atoms with Crippen LogP contribution in [-0.2, 0) is 0 Å². The monoisotopic (exact) mass is 444 g/mol. The largest absolute Gasteiger partial charge is 0.496 e. The van der Waals surface area contributed by atoms with Gasteiger partial charge in [0.15, 0.2) is 5.78 Å². The molecular weight excluding hydrogens is 424 g/mol. The maximum Gasteiger partial charge on any atom is 0.336 e. The molecule has 0 fully saturated rings. The van der Waals surface area contributed by atoms with Crippen molar-refractivity contribution in [3.8, 4) is 21.9 Å². The van der Waals surface area contributed by atoms with Crippen molar-refractivity contribution in [3.05, 3.63) is 89.5 Å². The van der Waals surface area contributed by atoms with E-state index in [1.165, 1.54) is 18.2 Å². The molecule has 0 saturated carbocycles. The van der Waals surface area contributed by atoms with E-state index in [9.17, 15) is 14.7 Å². The second-order valence-corrected chi connectivity index (χ2v) is 8.08. The van der Waals surface area contributed by atoms with Crippen molar-refractivity contribution >= 4 is 39.3 Å². The van der Waals surface area contributed by atoms with Crippen molar-refractivity contribution in [2.45, 2.75) is 0 Å². The summed E-state index contributed by atoms with van der Waals surface area (Å²) >= 11 is 1.65. The highest BCUT2D eigenvalue weighted by Gasteiger charge is 2.16. The third kappa shape index (κ3) is 4.13. The normalized spacial score (nSPS) is 11.1. The molecule has 4 rings (SSSR count). The summed E-state index contributed by atoms with van der Waals surface area (Å²) in [6.45, 7) is 0. The summed E-state index contributed by atoms with van der Waals surface area (Å²) in [7, 11) is 3.15. The summed E-state index contributed by atoms with van der Waals surface area (Å²) < 4.78 is 12.3. The number of hydrogen-bond acceptors (Lipinski definition) is 5. The van der Waals surface area contributed by atoms with Gasteiger partial charge in [-0.3, -0.25) is 4.79 Å². The Morgan fingerprint density at radius 2 is 1.56 bits per heavy atom. The van der Waals surface area contributed by atoms with Crippen LogP contribution in [0.4, 0.5) is 0 Å². The van der Waals surface area contributed by atoms with E-state index in [1.807, 2.05) is 18.2 Å². The lowest BCUT2D eigenvalue weighted by atomic mass is 10.0. The average Bonchev–Trinajstić information content (AvgIpc) is 3.26. The Hall–Kier alpha value is -3.90. The molecule has 3 aromatic carbocycles.